The van der Waals surface area contributed by atoms with Crippen molar-refractivity contribution >= 4 is 28.3 Å². The molecule has 1 aliphatic heterocycles. The second-order valence-corrected chi connectivity index (χ2v) is 6.53. The zero-order valence-corrected chi connectivity index (χ0v) is 14.1. The van der Waals surface area contributed by atoms with Gasteiger partial charge in [0.05, 0.1) is 11.2 Å². The minimum Gasteiger partial charge on any atom is -0.352 e. The van der Waals surface area contributed by atoms with Gasteiger partial charge in [0.1, 0.15) is 0 Å². The van der Waals surface area contributed by atoms with E-state index in [4.69, 9.17) is 17.3 Å². The number of nitrogens with two attached hydrogens (primary N) is 1. The number of nitrogens with one attached hydrogen (secondary N) is 1. The predicted molar refractivity (Wildman–Crippen MR) is 94.1 cm³/mol. The molecule has 2 aromatic heterocycles. The molecule has 4 rings (SSSR count). The van der Waals surface area contributed by atoms with Crippen molar-refractivity contribution in [2.45, 2.75) is 25.8 Å². The van der Waals surface area contributed by atoms with Crippen LogP contribution in [0.2, 0.25) is 5.15 Å². The fourth-order valence-electron chi connectivity index (χ4n) is 3.12. The van der Waals surface area contributed by atoms with Gasteiger partial charge in [0.15, 0.2) is 16.8 Å². The first kappa shape index (κ1) is 15.3. The normalized spacial score (nSPS) is 18.3. The van der Waals surface area contributed by atoms with Crippen molar-refractivity contribution in [3.8, 4) is 11.4 Å². The maximum absolute atomic E-state index is 6.23. The first-order valence-corrected chi connectivity index (χ1v) is 8.35. The number of rotatable bonds is 2. The highest BCUT2D eigenvalue weighted by molar-refractivity contribution is 6.31. The van der Waals surface area contributed by atoms with E-state index in [0.29, 0.717) is 16.8 Å². The van der Waals surface area contributed by atoms with Crippen LogP contribution in [0, 0.1) is 6.92 Å². The van der Waals surface area contributed by atoms with Gasteiger partial charge in [-0.25, -0.2) is 4.98 Å². The summed E-state index contributed by atoms with van der Waals surface area (Å²) in [5, 5.41) is 16.8. The first-order chi connectivity index (χ1) is 11.6. The topological polar surface area (TPSA) is 96.6 Å². The van der Waals surface area contributed by atoms with Crippen LogP contribution in [-0.4, -0.2) is 44.5 Å². The van der Waals surface area contributed by atoms with Gasteiger partial charge in [-0.3, -0.25) is 5.10 Å². The van der Waals surface area contributed by atoms with Crippen LogP contribution in [0.15, 0.2) is 18.2 Å². The average Bonchev–Trinajstić information content (AvgIpc) is 2.96. The van der Waals surface area contributed by atoms with Gasteiger partial charge in [0.2, 0.25) is 0 Å². The molecule has 0 amide bonds. The Morgan fingerprint density at radius 2 is 2.21 bits per heavy atom. The van der Waals surface area contributed by atoms with Crippen LogP contribution in [0.25, 0.3) is 22.3 Å². The van der Waals surface area contributed by atoms with E-state index in [1.54, 1.807) is 0 Å². The molecule has 1 atom stereocenters. The monoisotopic (exact) mass is 343 g/mol. The quantitative estimate of drug-likeness (QED) is 0.741. The minimum atomic E-state index is 0.137. The summed E-state index contributed by atoms with van der Waals surface area (Å²) in [5.74, 6) is 1.21. The number of nitrogens with zero attached hydrogens (tertiary/aromatic N) is 5. The van der Waals surface area contributed by atoms with Crippen molar-refractivity contribution in [1.29, 1.82) is 0 Å². The molecule has 24 heavy (non-hydrogen) atoms. The smallest absolute Gasteiger partial charge is 0.194 e. The van der Waals surface area contributed by atoms with Crippen molar-refractivity contribution in [3.63, 3.8) is 0 Å². The summed E-state index contributed by atoms with van der Waals surface area (Å²) < 4.78 is 0. The van der Waals surface area contributed by atoms with Crippen LogP contribution in [0.1, 0.15) is 18.5 Å². The molecule has 124 valence electrons. The van der Waals surface area contributed by atoms with Crippen LogP contribution in [0.3, 0.4) is 0 Å². The largest absolute Gasteiger partial charge is 0.352 e. The van der Waals surface area contributed by atoms with E-state index in [-0.39, 0.29) is 6.04 Å². The van der Waals surface area contributed by atoms with Gasteiger partial charge < -0.3 is 10.6 Å². The Morgan fingerprint density at radius 3 is 3.04 bits per heavy atom. The van der Waals surface area contributed by atoms with E-state index < -0.39 is 0 Å². The molecule has 1 saturated heterocycles. The summed E-state index contributed by atoms with van der Waals surface area (Å²) in [6, 6.07) is 6.08. The summed E-state index contributed by atoms with van der Waals surface area (Å²) in [7, 11) is 0. The molecule has 3 heterocycles. The molecule has 8 heteroatoms. The summed E-state index contributed by atoms with van der Waals surface area (Å²) in [4.78, 5) is 6.75. The maximum atomic E-state index is 6.23. The molecule has 3 N–H and O–H groups in total. The number of anilines is 1. The number of aromatic amines is 1. The molecule has 1 aromatic carbocycles. The third kappa shape index (κ3) is 2.70. The highest BCUT2D eigenvalue weighted by Crippen LogP contribution is 2.28. The van der Waals surface area contributed by atoms with Gasteiger partial charge in [0.25, 0.3) is 0 Å². The second-order valence-electron chi connectivity index (χ2n) is 6.17. The highest BCUT2D eigenvalue weighted by atomic mass is 35.5. The molecule has 0 saturated carbocycles. The van der Waals surface area contributed by atoms with Crippen molar-refractivity contribution in [3.05, 3.63) is 29.0 Å². The van der Waals surface area contributed by atoms with Crippen LogP contribution in [0.4, 0.5) is 5.82 Å². The van der Waals surface area contributed by atoms with Gasteiger partial charge in [-0.2, -0.15) is 5.10 Å². The third-order valence-corrected chi connectivity index (χ3v) is 4.64. The van der Waals surface area contributed by atoms with Crippen molar-refractivity contribution in [2.24, 2.45) is 5.73 Å². The molecular weight excluding hydrogens is 326 g/mol. The van der Waals surface area contributed by atoms with Crippen molar-refractivity contribution in [2.75, 3.05) is 18.0 Å². The Labute approximate surface area is 144 Å². The second kappa shape index (κ2) is 5.99. The number of benzene rings is 1. The number of hydrogen-bond donors (Lipinski definition) is 2. The summed E-state index contributed by atoms with van der Waals surface area (Å²) in [5.41, 5.74) is 8.88. The molecule has 1 aliphatic rings. The summed E-state index contributed by atoms with van der Waals surface area (Å²) >= 11 is 6.23. The zero-order chi connectivity index (χ0) is 16.7. The third-order valence-electron chi connectivity index (χ3n) is 4.40. The Kier molecular flexibility index (Phi) is 3.82. The lowest BCUT2D eigenvalue weighted by molar-refractivity contribution is 0.502. The number of piperidine rings is 1. The Balaban J connectivity index is 1.74. The molecule has 1 unspecified atom stereocenters. The lowest BCUT2D eigenvalue weighted by Crippen LogP contribution is -2.43. The lowest BCUT2D eigenvalue weighted by atomic mass is 10.1. The van der Waals surface area contributed by atoms with E-state index >= 15 is 0 Å². The molecule has 0 spiro atoms. The van der Waals surface area contributed by atoms with Crippen molar-refractivity contribution < 1.29 is 0 Å². The number of halogens is 1. The average molecular weight is 344 g/mol. The molecular formula is C16H18ClN7. The Bertz CT molecular complexity index is 891. The van der Waals surface area contributed by atoms with Crippen LogP contribution in [0.5, 0.6) is 0 Å². The van der Waals surface area contributed by atoms with E-state index in [1.165, 1.54) is 0 Å². The number of aromatic nitrogens is 5. The fourth-order valence-corrected chi connectivity index (χ4v) is 3.31. The number of aryl methyl sites for hydroxylation is 1. The Morgan fingerprint density at radius 1 is 1.33 bits per heavy atom. The molecule has 0 bridgehead atoms. The maximum Gasteiger partial charge on any atom is 0.194 e. The number of H-pyrrole nitrogens is 1. The molecule has 0 aliphatic carbocycles. The number of hydrogen-bond acceptors (Lipinski definition) is 6. The zero-order valence-electron chi connectivity index (χ0n) is 13.3. The Hall–Kier alpha value is -2.25. The van der Waals surface area contributed by atoms with Gasteiger partial charge in [-0.05, 0) is 38.0 Å². The highest BCUT2D eigenvalue weighted by Gasteiger charge is 2.22. The minimum absolute atomic E-state index is 0.137. The molecule has 3 aromatic rings. The lowest BCUT2D eigenvalue weighted by Gasteiger charge is -2.31. The summed E-state index contributed by atoms with van der Waals surface area (Å²) in [6.07, 6.45) is 2.05. The van der Waals surface area contributed by atoms with Gasteiger partial charge >= 0.3 is 0 Å². The van der Waals surface area contributed by atoms with Crippen LogP contribution < -0.4 is 10.6 Å². The van der Waals surface area contributed by atoms with Gasteiger partial charge in [0, 0.05) is 30.1 Å². The van der Waals surface area contributed by atoms with E-state index in [9.17, 15) is 0 Å². The SMILES string of the molecule is Cc1n[nH]c2ccc(-c3nnc(Cl)c(N4CCCC(N)C4)n3)cc12. The number of fused-ring (bicyclic) bond motifs is 1. The van der Waals surface area contributed by atoms with Crippen LogP contribution in [-0.2, 0) is 0 Å². The molecule has 0 radical (unpaired) electrons. The van der Waals surface area contributed by atoms with Gasteiger partial charge in [-0.1, -0.05) is 11.6 Å². The van der Waals surface area contributed by atoms with E-state index in [0.717, 1.165) is 48.1 Å². The molecule has 7 nitrogen and oxygen atoms in total. The van der Waals surface area contributed by atoms with E-state index in [1.807, 2.05) is 25.1 Å². The fraction of sp³-hybridized carbons (Fsp3) is 0.375. The van der Waals surface area contributed by atoms with Gasteiger partial charge in [-0.15, -0.1) is 10.2 Å². The van der Waals surface area contributed by atoms with Crippen molar-refractivity contribution in [1.82, 2.24) is 25.4 Å². The first-order valence-electron chi connectivity index (χ1n) is 7.97. The molecule has 1 fully saturated rings. The van der Waals surface area contributed by atoms with Crippen LogP contribution >= 0.6 is 11.6 Å². The summed E-state index contributed by atoms with van der Waals surface area (Å²) in [6.45, 7) is 3.58. The standard InChI is InChI=1S/C16H18ClN7/c1-9-12-7-10(4-5-13(12)21-20-9)15-19-16(14(17)22-23-15)24-6-2-3-11(18)8-24/h4-5,7,11H,2-3,6,8,18H2,1H3,(H,20,21). The predicted octanol–water partition coefficient (Wildman–Crippen LogP) is 2.30. The van der Waals surface area contributed by atoms with E-state index in [2.05, 4.69) is 30.3 Å².